The highest BCUT2D eigenvalue weighted by atomic mass is 19.4. The molecule has 0 aromatic heterocycles. The molecule has 0 fully saturated rings. The summed E-state index contributed by atoms with van der Waals surface area (Å²) in [6.45, 7) is 3.91. The topological polar surface area (TPSA) is 35.8 Å². The van der Waals surface area contributed by atoms with Crippen LogP contribution in [0, 0.1) is 22.6 Å². The first kappa shape index (κ1) is 15.4. The van der Waals surface area contributed by atoms with Crippen LogP contribution in [0.1, 0.15) is 25.0 Å². The summed E-state index contributed by atoms with van der Waals surface area (Å²) < 4.78 is 50.5. The van der Waals surface area contributed by atoms with Crippen LogP contribution in [0.2, 0.25) is 0 Å². The summed E-state index contributed by atoms with van der Waals surface area (Å²) >= 11 is 0. The number of hydrogen-bond donors (Lipinski definition) is 1. The Morgan fingerprint density at radius 2 is 1.89 bits per heavy atom. The SMILES string of the molecule is CC(C)(C#N)CNCc1ccc(F)c(C(F)(F)F)c1. The van der Waals surface area contributed by atoms with Crippen LogP contribution in [0.5, 0.6) is 0 Å². The van der Waals surface area contributed by atoms with Gasteiger partial charge in [0.25, 0.3) is 0 Å². The Hall–Kier alpha value is -1.61. The van der Waals surface area contributed by atoms with E-state index in [9.17, 15) is 17.6 Å². The van der Waals surface area contributed by atoms with Crippen molar-refractivity contribution in [3.63, 3.8) is 0 Å². The van der Waals surface area contributed by atoms with E-state index in [0.717, 1.165) is 12.1 Å². The zero-order chi connectivity index (χ0) is 14.7. The van der Waals surface area contributed by atoms with Crippen molar-refractivity contribution >= 4 is 0 Å². The van der Waals surface area contributed by atoms with Crippen molar-refractivity contribution < 1.29 is 17.6 Å². The Labute approximate surface area is 109 Å². The molecule has 104 valence electrons. The molecule has 0 aliphatic carbocycles. The molecule has 0 saturated heterocycles. The van der Waals surface area contributed by atoms with Crippen LogP contribution in [0.4, 0.5) is 17.6 Å². The molecule has 0 saturated carbocycles. The van der Waals surface area contributed by atoms with Gasteiger partial charge in [-0.05, 0) is 31.5 Å². The molecule has 0 spiro atoms. The summed E-state index contributed by atoms with van der Waals surface area (Å²) in [4.78, 5) is 0. The fraction of sp³-hybridized carbons (Fsp3) is 0.462. The molecule has 2 nitrogen and oxygen atoms in total. The fourth-order valence-corrected chi connectivity index (χ4v) is 1.46. The van der Waals surface area contributed by atoms with Crippen molar-refractivity contribution in [2.75, 3.05) is 6.54 Å². The Morgan fingerprint density at radius 3 is 2.42 bits per heavy atom. The van der Waals surface area contributed by atoms with E-state index >= 15 is 0 Å². The lowest BCUT2D eigenvalue weighted by Gasteiger charge is -2.16. The summed E-state index contributed by atoms with van der Waals surface area (Å²) in [7, 11) is 0. The molecule has 0 radical (unpaired) electrons. The molecule has 0 heterocycles. The number of hydrogen-bond acceptors (Lipinski definition) is 2. The predicted molar refractivity (Wildman–Crippen MR) is 62.5 cm³/mol. The highest BCUT2D eigenvalue weighted by molar-refractivity contribution is 5.27. The molecular weight excluding hydrogens is 260 g/mol. The van der Waals surface area contributed by atoms with E-state index in [1.54, 1.807) is 13.8 Å². The van der Waals surface area contributed by atoms with Crippen LogP contribution in [0.3, 0.4) is 0 Å². The molecule has 0 aliphatic rings. The van der Waals surface area contributed by atoms with Gasteiger partial charge in [-0.3, -0.25) is 0 Å². The normalized spacial score (nSPS) is 12.3. The molecule has 6 heteroatoms. The second-order valence-corrected chi connectivity index (χ2v) is 4.91. The van der Waals surface area contributed by atoms with Gasteiger partial charge in [0, 0.05) is 13.1 Å². The lowest BCUT2D eigenvalue weighted by molar-refractivity contribution is -0.140. The molecule has 1 N–H and O–H groups in total. The first-order valence-corrected chi connectivity index (χ1v) is 5.63. The van der Waals surface area contributed by atoms with Crippen molar-refractivity contribution in [3.8, 4) is 6.07 Å². The summed E-state index contributed by atoms with van der Waals surface area (Å²) in [5.41, 5.74) is -1.55. The third kappa shape index (κ3) is 4.52. The number of nitrogens with zero attached hydrogens (tertiary/aromatic N) is 1. The van der Waals surface area contributed by atoms with Crippen molar-refractivity contribution in [1.29, 1.82) is 5.26 Å². The highest BCUT2D eigenvalue weighted by Crippen LogP contribution is 2.31. The minimum atomic E-state index is -4.70. The Balaban J connectivity index is 2.74. The largest absolute Gasteiger partial charge is 0.419 e. The van der Waals surface area contributed by atoms with E-state index in [-0.39, 0.29) is 6.54 Å². The standard InChI is InChI=1S/C13H14F4N2/c1-12(2,7-18)8-19-6-9-3-4-11(14)10(5-9)13(15,16)17/h3-5,19H,6,8H2,1-2H3. The van der Waals surface area contributed by atoms with Gasteiger partial charge in [0.05, 0.1) is 17.0 Å². The first-order valence-electron chi connectivity index (χ1n) is 5.63. The molecule has 1 aromatic carbocycles. The molecule has 1 rings (SSSR count). The Bertz CT molecular complexity index is 486. The maximum atomic E-state index is 13.0. The van der Waals surface area contributed by atoms with E-state index in [1.807, 2.05) is 0 Å². The molecule has 0 aliphatic heterocycles. The lowest BCUT2D eigenvalue weighted by Crippen LogP contribution is -2.27. The van der Waals surface area contributed by atoms with Crippen LogP contribution in [-0.2, 0) is 12.7 Å². The van der Waals surface area contributed by atoms with Crippen molar-refractivity contribution in [3.05, 3.63) is 35.1 Å². The maximum Gasteiger partial charge on any atom is 0.419 e. The van der Waals surface area contributed by atoms with Gasteiger partial charge in [0.2, 0.25) is 0 Å². The van der Waals surface area contributed by atoms with E-state index in [0.29, 0.717) is 12.1 Å². The molecule has 19 heavy (non-hydrogen) atoms. The summed E-state index contributed by atoms with van der Waals surface area (Å²) in [6, 6.07) is 4.94. The van der Waals surface area contributed by atoms with Crippen LogP contribution < -0.4 is 5.32 Å². The van der Waals surface area contributed by atoms with Crippen molar-refractivity contribution in [2.45, 2.75) is 26.6 Å². The summed E-state index contributed by atoms with van der Waals surface area (Å²) in [6.07, 6.45) is -4.70. The van der Waals surface area contributed by atoms with E-state index in [4.69, 9.17) is 5.26 Å². The van der Waals surface area contributed by atoms with Gasteiger partial charge < -0.3 is 5.32 Å². The van der Waals surface area contributed by atoms with Gasteiger partial charge >= 0.3 is 6.18 Å². The van der Waals surface area contributed by atoms with Crippen LogP contribution in [0.15, 0.2) is 18.2 Å². The quantitative estimate of drug-likeness (QED) is 0.853. The number of rotatable bonds is 4. The molecular formula is C13H14F4N2. The van der Waals surface area contributed by atoms with Gasteiger partial charge in [-0.2, -0.15) is 18.4 Å². The number of alkyl halides is 3. The third-order valence-corrected chi connectivity index (χ3v) is 2.53. The number of nitriles is 1. The van der Waals surface area contributed by atoms with E-state index < -0.39 is 23.0 Å². The van der Waals surface area contributed by atoms with Crippen LogP contribution >= 0.6 is 0 Å². The van der Waals surface area contributed by atoms with E-state index in [1.165, 1.54) is 6.07 Å². The smallest absolute Gasteiger partial charge is 0.311 e. The first-order chi connectivity index (χ1) is 8.65. The molecule has 0 atom stereocenters. The average Bonchev–Trinajstić information content (AvgIpc) is 2.30. The number of benzene rings is 1. The minimum absolute atomic E-state index is 0.147. The average molecular weight is 274 g/mol. The van der Waals surface area contributed by atoms with Gasteiger partial charge in [-0.15, -0.1) is 0 Å². The second-order valence-electron chi connectivity index (χ2n) is 4.91. The summed E-state index contributed by atoms with van der Waals surface area (Å²) in [5.74, 6) is -1.28. The minimum Gasteiger partial charge on any atom is -0.311 e. The lowest BCUT2D eigenvalue weighted by atomic mass is 9.96. The molecule has 0 unspecified atom stereocenters. The molecule has 0 bridgehead atoms. The van der Waals surface area contributed by atoms with Crippen LogP contribution in [-0.4, -0.2) is 6.54 Å². The van der Waals surface area contributed by atoms with Crippen molar-refractivity contribution in [2.24, 2.45) is 5.41 Å². The zero-order valence-electron chi connectivity index (χ0n) is 10.6. The Kier molecular flexibility index (Phi) is 4.53. The zero-order valence-corrected chi connectivity index (χ0v) is 10.6. The van der Waals surface area contributed by atoms with Crippen molar-refractivity contribution in [1.82, 2.24) is 5.32 Å². The maximum absolute atomic E-state index is 13.0. The van der Waals surface area contributed by atoms with E-state index in [2.05, 4.69) is 11.4 Å². The van der Waals surface area contributed by atoms with Crippen LogP contribution in [0.25, 0.3) is 0 Å². The second kappa shape index (κ2) is 5.57. The number of nitrogens with one attached hydrogen (secondary N) is 1. The Morgan fingerprint density at radius 1 is 1.26 bits per heavy atom. The summed E-state index contributed by atoms with van der Waals surface area (Å²) in [5, 5.41) is 11.7. The monoisotopic (exact) mass is 274 g/mol. The van der Waals surface area contributed by atoms with Gasteiger partial charge in [0.15, 0.2) is 0 Å². The van der Waals surface area contributed by atoms with Gasteiger partial charge in [-0.25, -0.2) is 4.39 Å². The highest BCUT2D eigenvalue weighted by Gasteiger charge is 2.34. The van der Waals surface area contributed by atoms with Gasteiger partial charge in [0.1, 0.15) is 5.82 Å². The molecule has 0 amide bonds. The predicted octanol–water partition coefficient (Wildman–Crippen LogP) is 3.48. The number of halogens is 4. The molecule has 1 aromatic rings. The third-order valence-electron chi connectivity index (χ3n) is 2.53. The fourth-order valence-electron chi connectivity index (χ4n) is 1.46. The van der Waals surface area contributed by atoms with Gasteiger partial charge in [-0.1, -0.05) is 6.07 Å².